The van der Waals surface area contributed by atoms with Crippen LogP contribution in [0.4, 0.5) is 0 Å². The fraction of sp³-hybridized carbons (Fsp3) is 1.00. The van der Waals surface area contributed by atoms with Crippen molar-refractivity contribution in [2.45, 2.75) is 39.3 Å². The molecule has 0 fully saturated rings. The fourth-order valence-corrected chi connectivity index (χ4v) is 4.55. The van der Waals surface area contributed by atoms with Gasteiger partial charge in [0.05, 0.1) is 0 Å². The normalized spacial score (nSPS) is 12.0. The Hall–Kier alpha value is 0.114. The Morgan fingerprint density at radius 1 is 0.762 bits per heavy atom. The third kappa shape index (κ3) is 14.8. The topological polar surface area (TPSA) is 140 Å². The van der Waals surface area contributed by atoms with Gasteiger partial charge in [-0.15, -0.1) is 0 Å². The molecule has 0 aromatic carbocycles. The maximum atomic E-state index is 8.34. The highest BCUT2D eigenvalue weighted by molar-refractivity contribution is 6.60. The molecular formula is C11H32N2O6Si2. The number of nitrogens with two attached hydrogens (primary N) is 2. The predicted molar refractivity (Wildman–Crippen MR) is 85.4 cm³/mol. The highest BCUT2D eigenvalue weighted by Crippen LogP contribution is 2.14. The molecule has 0 atom stereocenters. The molecule has 0 spiro atoms. The first-order valence-electron chi connectivity index (χ1n) is 7.29. The van der Waals surface area contributed by atoms with Gasteiger partial charge in [-0.2, -0.15) is 0 Å². The van der Waals surface area contributed by atoms with Crippen LogP contribution >= 0.6 is 0 Å². The van der Waals surface area contributed by atoms with Gasteiger partial charge < -0.3 is 39.1 Å². The van der Waals surface area contributed by atoms with E-state index in [9.17, 15) is 0 Å². The van der Waals surface area contributed by atoms with Crippen molar-refractivity contribution in [3.63, 3.8) is 0 Å². The first-order chi connectivity index (χ1) is 9.80. The first kappa shape index (κ1) is 23.4. The minimum absolute atomic E-state index is 0.0451. The summed E-state index contributed by atoms with van der Waals surface area (Å²) < 4.78 is 16.7. The van der Waals surface area contributed by atoms with E-state index < -0.39 is 17.6 Å². The van der Waals surface area contributed by atoms with Crippen LogP contribution in [0.1, 0.15) is 27.2 Å². The van der Waals surface area contributed by atoms with Gasteiger partial charge in [-0.05, 0) is 40.3 Å². The Labute approximate surface area is 129 Å². The lowest BCUT2D eigenvalue weighted by Gasteiger charge is -2.27. The van der Waals surface area contributed by atoms with Crippen LogP contribution < -0.4 is 11.5 Å². The fourth-order valence-electron chi connectivity index (χ4n) is 1.52. The Kier molecular flexibility index (Phi) is 15.3. The van der Waals surface area contributed by atoms with Gasteiger partial charge in [-0.25, -0.2) is 0 Å². The molecule has 0 rings (SSSR count). The summed E-state index contributed by atoms with van der Waals surface area (Å²) in [5.41, 5.74) is 10.5. The summed E-state index contributed by atoms with van der Waals surface area (Å²) in [5, 5.41) is 0. The zero-order valence-corrected chi connectivity index (χ0v) is 15.4. The maximum absolute atomic E-state index is 8.34. The molecule has 0 amide bonds. The SMILES string of the molecule is CCO[Si](CCN)(OCC)OCC.NCCC[Si](O)(O)O. The molecule has 0 aromatic rings. The summed E-state index contributed by atoms with van der Waals surface area (Å²) in [5.74, 6) is 0. The second-order valence-electron chi connectivity index (χ2n) is 4.19. The van der Waals surface area contributed by atoms with Gasteiger partial charge in [0.15, 0.2) is 0 Å². The third-order valence-electron chi connectivity index (χ3n) is 2.26. The largest absolute Gasteiger partial charge is 0.502 e. The van der Waals surface area contributed by atoms with Gasteiger partial charge in [0.25, 0.3) is 0 Å². The van der Waals surface area contributed by atoms with Gasteiger partial charge in [0.1, 0.15) is 0 Å². The van der Waals surface area contributed by atoms with Gasteiger partial charge in [-0.3, -0.25) is 0 Å². The molecule has 0 aromatic heterocycles. The van der Waals surface area contributed by atoms with Crippen LogP contribution in [0.25, 0.3) is 0 Å². The molecule has 10 heteroatoms. The zero-order valence-electron chi connectivity index (χ0n) is 13.4. The first-order valence-corrected chi connectivity index (χ1v) is 11.3. The van der Waals surface area contributed by atoms with Gasteiger partial charge in [0, 0.05) is 31.9 Å². The lowest BCUT2D eigenvalue weighted by atomic mass is 10.5. The van der Waals surface area contributed by atoms with Crippen LogP contribution in [0.5, 0.6) is 0 Å². The minimum atomic E-state index is -3.76. The van der Waals surface area contributed by atoms with E-state index in [2.05, 4.69) is 0 Å². The molecular weight excluding hydrogens is 312 g/mol. The second kappa shape index (κ2) is 13.8. The van der Waals surface area contributed by atoms with Gasteiger partial charge in [0.2, 0.25) is 0 Å². The van der Waals surface area contributed by atoms with Crippen molar-refractivity contribution in [2.24, 2.45) is 11.5 Å². The van der Waals surface area contributed by atoms with Crippen LogP contribution in [0.15, 0.2) is 0 Å². The van der Waals surface area contributed by atoms with Crippen LogP contribution in [0.2, 0.25) is 12.1 Å². The monoisotopic (exact) mass is 344 g/mol. The molecule has 0 heterocycles. The Morgan fingerprint density at radius 2 is 1.19 bits per heavy atom. The summed E-state index contributed by atoms with van der Waals surface area (Å²) in [6.45, 7) is 8.61. The lowest BCUT2D eigenvalue weighted by molar-refractivity contribution is 0.0719. The average molecular weight is 345 g/mol. The molecule has 7 N–H and O–H groups in total. The number of hydrogen-bond acceptors (Lipinski definition) is 8. The third-order valence-corrected chi connectivity index (χ3v) is 6.37. The Morgan fingerprint density at radius 3 is 1.38 bits per heavy atom. The molecule has 0 saturated heterocycles. The van der Waals surface area contributed by atoms with E-state index in [1.165, 1.54) is 0 Å². The van der Waals surface area contributed by atoms with Crippen molar-refractivity contribution in [3.05, 3.63) is 0 Å². The van der Waals surface area contributed by atoms with E-state index in [1.807, 2.05) is 20.8 Å². The maximum Gasteiger partial charge on any atom is 0.502 e. The van der Waals surface area contributed by atoms with Gasteiger partial charge >= 0.3 is 17.6 Å². The molecule has 0 unspecified atom stereocenters. The van der Waals surface area contributed by atoms with Crippen molar-refractivity contribution >= 4 is 17.6 Å². The Balaban J connectivity index is 0. The van der Waals surface area contributed by atoms with Crippen LogP contribution in [0, 0.1) is 0 Å². The summed E-state index contributed by atoms with van der Waals surface area (Å²) >= 11 is 0. The lowest BCUT2D eigenvalue weighted by Crippen LogP contribution is -2.47. The molecule has 0 bridgehead atoms. The van der Waals surface area contributed by atoms with E-state index in [-0.39, 0.29) is 6.04 Å². The number of hydrogen-bond donors (Lipinski definition) is 5. The molecule has 8 nitrogen and oxygen atoms in total. The quantitative estimate of drug-likeness (QED) is 0.308. The molecule has 0 radical (unpaired) electrons. The molecule has 0 aliphatic rings. The van der Waals surface area contributed by atoms with E-state index in [0.717, 1.165) is 0 Å². The van der Waals surface area contributed by atoms with E-state index in [4.69, 9.17) is 39.1 Å². The summed E-state index contributed by atoms with van der Waals surface area (Å²) in [4.78, 5) is 25.0. The molecule has 0 aliphatic heterocycles. The summed E-state index contributed by atoms with van der Waals surface area (Å²) in [7, 11) is -6.18. The van der Waals surface area contributed by atoms with Crippen LogP contribution in [-0.2, 0) is 13.3 Å². The van der Waals surface area contributed by atoms with Crippen molar-refractivity contribution < 1.29 is 27.7 Å². The van der Waals surface area contributed by atoms with Crippen molar-refractivity contribution in [3.8, 4) is 0 Å². The molecule has 21 heavy (non-hydrogen) atoms. The van der Waals surface area contributed by atoms with E-state index in [1.54, 1.807) is 0 Å². The standard InChI is InChI=1S/C8H21NO3Si.C3H11NO3Si/c1-4-10-13(8-7-9,11-5-2)12-6-3;4-2-1-3-8(5,6)7/h4-9H2,1-3H3;5-7H,1-4H2. The average Bonchev–Trinajstić information content (AvgIpc) is 2.37. The highest BCUT2D eigenvalue weighted by Gasteiger charge is 2.39. The smallest absolute Gasteiger partial charge is 0.390 e. The Bertz CT molecular complexity index is 202. The van der Waals surface area contributed by atoms with Crippen molar-refractivity contribution in [1.82, 2.24) is 0 Å². The second-order valence-corrected chi connectivity index (χ2v) is 8.97. The van der Waals surface area contributed by atoms with Crippen molar-refractivity contribution in [1.29, 1.82) is 0 Å². The summed E-state index contributed by atoms with van der Waals surface area (Å²) in [6.07, 6.45) is 0.468. The zero-order chi connectivity index (χ0) is 16.8. The molecule has 0 saturated carbocycles. The highest BCUT2D eigenvalue weighted by atomic mass is 28.4. The molecule has 130 valence electrons. The van der Waals surface area contributed by atoms with Crippen LogP contribution in [0.3, 0.4) is 0 Å². The van der Waals surface area contributed by atoms with Crippen LogP contribution in [-0.4, -0.2) is 64.9 Å². The van der Waals surface area contributed by atoms with Gasteiger partial charge in [-0.1, -0.05) is 0 Å². The van der Waals surface area contributed by atoms with Crippen molar-refractivity contribution in [2.75, 3.05) is 32.9 Å². The van der Waals surface area contributed by atoms with E-state index in [0.29, 0.717) is 45.4 Å². The number of rotatable bonds is 11. The minimum Gasteiger partial charge on any atom is -0.390 e. The van der Waals surface area contributed by atoms with E-state index >= 15 is 0 Å². The predicted octanol–water partition coefficient (Wildman–Crippen LogP) is -0.755. The molecule has 0 aliphatic carbocycles. The summed E-state index contributed by atoms with van der Waals surface area (Å²) in [6, 6.07) is 0.742.